The molecule has 1 aliphatic rings. The van der Waals surface area contributed by atoms with E-state index in [2.05, 4.69) is 46.6 Å². The smallest absolute Gasteiger partial charge is 0.241 e. The lowest BCUT2D eigenvalue weighted by Gasteiger charge is -2.32. The van der Waals surface area contributed by atoms with Crippen molar-refractivity contribution in [2.45, 2.75) is 25.4 Å². The molecule has 5 nitrogen and oxygen atoms in total. The van der Waals surface area contributed by atoms with Crippen molar-refractivity contribution >= 4 is 23.5 Å². The number of nitrogens with two attached hydrogens (primary N) is 1. The number of aryl methyl sites for hydroxylation is 1. The van der Waals surface area contributed by atoms with Crippen molar-refractivity contribution in [1.82, 2.24) is 14.8 Å². The predicted molar refractivity (Wildman–Crippen MR) is 96.2 cm³/mol. The predicted octanol–water partition coefficient (Wildman–Crippen LogP) is 3.97. The van der Waals surface area contributed by atoms with E-state index in [4.69, 9.17) is 17.3 Å². The molecule has 0 amide bonds. The van der Waals surface area contributed by atoms with Crippen LogP contribution in [0.4, 0.5) is 11.9 Å². The number of fused-ring (bicyclic) bond motifs is 1. The van der Waals surface area contributed by atoms with Gasteiger partial charge in [-0.05, 0) is 30.5 Å². The van der Waals surface area contributed by atoms with Gasteiger partial charge in [0.05, 0.1) is 12.1 Å². The normalized spacial score (nSPS) is 19.6. The standard InChI is InChI=1S/C18H18ClN5/c1-11-6-8-12(9-7-11)16-10-15(13-4-2-3-5-14(13)19)21-18-22-17(20)23-24(16)18/h2-9,15-16H,10H2,1H3,(H3,20,21,22,23)/t15-,16+/m0/s1. The molecule has 3 aromatic rings. The summed E-state index contributed by atoms with van der Waals surface area (Å²) in [6, 6.07) is 16.5. The highest BCUT2D eigenvalue weighted by Crippen LogP contribution is 2.39. The molecule has 2 heterocycles. The van der Waals surface area contributed by atoms with Crippen molar-refractivity contribution in [2.75, 3.05) is 11.1 Å². The summed E-state index contributed by atoms with van der Waals surface area (Å²) in [6.07, 6.45) is 0.822. The number of nitrogen functional groups attached to an aromatic ring is 1. The molecule has 1 aliphatic heterocycles. The lowest BCUT2D eigenvalue weighted by Crippen LogP contribution is -2.28. The Balaban J connectivity index is 1.78. The van der Waals surface area contributed by atoms with Crippen LogP contribution in [0.2, 0.25) is 5.02 Å². The molecular weight excluding hydrogens is 322 g/mol. The van der Waals surface area contributed by atoms with Gasteiger partial charge in [-0.2, -0.15) is 4.98 Å². The quantitative estimate of drug-likeness (QED) is 0.741. The summed E-state index contributed by atoms with van der Waals surface area (Å²) in [6.45, 7) is 2.08. The number of halogens is 1. The van der Waals surface area contributed by atoms with Crippen LogP contribution in [0.15, 0.2) is 48.5 Å². The first-order chi connectivity index (χ1) is 11.6. The van der Waals surface area contributed by atoms with Crippen LogP contribution in [0, 0.1) is 6.92 Å². The second-order valence-corrected chi connectivity index (χ2v) is 6.53. The molecule has 0 aliphatic carbocycles. The molecule has 0 spiro atoms. The number of benzene rings is 2. The van der Waals surface area contributed by atoms with Crippen LogP contribution in [0.1, 0.15) is 35.2 Å². The molecule has 0 bridgehead atoms. The molecule has 0 saturated carbocycles. The van der Waals surface area contributed by atoms with E-state index in [1.807, 2.05) is 28.9 Å². The number of anilines is 2. The Hall–Kier alpha value is -2.53. The maximum atomic E-state index is 6.40. The maximum Gasteiger partial charge on any atom is 0.241 e. The largest absolute Gasteiger partial charge is 0.366 e. The van der Waals surface area contributed by atoms with Gasteiger partial charge in [-0.15, -0.1) is 5.10 Å². The van der Waals surface area contributed by atoms with Gasteiger partial charge in [0.2, 0.25) is 11.9 Å². The van der Waals surface area contributed by atoms with Gasteiger partial charge in [0, 0.05) is 5.02 Å². The van der Waals surface area contributed by atoms with Gasteiger partial charge in [0.1, 0.15) is 0 Å². The van der Waals surface area contributed by atoms with Gasteiger partial charge in [-0.3, -0.25) is 0 Å². The fourth-order valence-electron chi connectivity index (χ4n) is 3.22. The zero-order valence-corrected chi connectivity index (χ0v) is 14.0. The summed E-state index contributed by atoms with van der Waals surface area (Å²) in [4.78, 5) is 4.33. The van der Waals surface area contributed by atoms with Crippen LogP contribution in [0.25, 0.3) is 0 Å². The second-order valence-electron chi connectivity index (χ2n) is 6.12. The molecule has 0 fully saturated rings. The molecule has 3 N–H and O–H groups in total. The van der Waals surface area contributed by atoms with Gasteiger partial charge in [-0.1, -0.05) is 59.6 Å². The highest BCUT2D eigenvalue weighted by atomic mass is 35.5. The molecule has 0 saturated heterocycles. The minimum atomic E-state index is 0.0566. The molecule has 0 unspecified atom stereocenters. The summed E-state index contributed by atoms with van der Waals surface area (Å²) >= 11 is 6.40. The summed E-state index contributed by atoms with van der Waals surface area (Å²) in [5.41, 5.74) is 9.30. The van der Waals surface area contributed by atoms with E-state index in [0.29, 0.717) is 5.95 Å². The van der Waals surface area contributed by atoms with Crippen LogP contribution in [-0.4, -0.2) is 14.8 Å². The van der Waals surface area contributed by atoms with Gasteiger partial charge in [0.15, 0.2) is 0 Å². The van der Waals surface area contributed by atoms with E-state index < -0.39 is 0 Å². The molecule has 2 atom stereocenters. The Kier molecular flexibility index (Phi) is 3.65. The van der Waals surface area contributed by atoms with Crippen molar-refractivity contribution in [2.24, 2.45) is 0 Å². The van der Waals surface area contributed by atoms with Crippen molar-refractivity contribution < 1.29 is 0 Å². The van der Waals surface area contributed by atoms with E-state index in [-0.39, 0.29) is 18.0 Å². The number of hydrogen-bond donors (Lipinski definition) is 2. The monoisotopic (exact) mass is 339 g/mol. The third kappa shape index (κ3) is 2.61. The fourth-order valence-corrected chi connectivity index (χ4v) is 3.49. The Morgan fingerprint density at radius 1 is 1.17 bits per heavy atom. The molecule has 2 aromatic carbocycles. The van der Waals surface area contributed by atoms with Crippen LogP contribution in [0.3, 0.4) is 0 Å². The van der Waals surface area contributed by atoms with Crippen molar-refractivity contribution in [1.29, 1.82) is 0 Å². The van der Waals surface area contributed by atoms with E-state index in [0.717, 1.165) is 17.0 Å². The summed E-state index contributed by atoms with van der Waals surface area (Å²) in [5.74, 6) is 0.948. The molecule has 4 rings (SSSR count). The van der Waals surface area contributed by atoms with Gasteiger partial charge >= 0.3 is 0 Å². The molecule has 122 valence electrons. The first-order valence-corrected chi connectivity index (χ1v) is 8.29. The Bertz CT molecular complexity index is 871. The van der Waals surface area contributed by atoms with Crippen LogP contribution in [0.5, 0.6) is 0 Å². The molecule has 0 radical (unpaired) electrons. The van der Waals surface area contributed by atoms with Crippen LogP contribution in [-0.2, 0) is 0 Å². The van der Waals surface area contributed by atoms with Gasteiger partial charge in [0.25, 0.3) is 0 Å². The number of aromatic nitrogens is 3. The first kappa shape index (κ1) is 15.0. The lowest BCUT2D eigenvalue weighted by molar-refractivity contribution is 0.431. The minimum Gasteiger partial charge on any atom is -0.366 e. The van der Waals surface area contributed by atoms with Crippen LogP contribution < -0.4 is 11.1 Å². The van der Waals surface area contributed by atoms with Crippen molar-refractivity contribution in [3.05, 3.63) is 70.2 Å². The molecular formula is C18H18ClN5. The molecule has 1 aromatic heterocycles. The summed E-state index contributed by atoms with van der Waals surface area (Å²) in [7, 11) is 0. The SMILES string of the molecule is Cc1ccc([C@H]2C[C@@H](c3ccccc3Cl)Nc3nc(N)nn32)cc1. The Morgan fingerprint density at radius 3 is 2.67 bits per heavy atom. The number of hydrogen-bond acceptors (Lipinski definition) is 4. The third-order valence-corrected chi connectivity index (χ3v) is 4.79. The summed E-state index contributed by atoms with van der Waals surface area (Å²) in [5, 5.41) is 8.53. The highest BCUT2D eigenvalue weighted by molar-refractivity contribution is 6.31. The average molecular weight is 340 g/mol. The highest BCUT2D eigenvalue weighted by Gasteiger charge is 2.31. The lowest BCUT2D eigenvalue weighted by atomic mass is 9.93. The van der Waals surface area contributed by atoms with Crippen molar-refractivity contribution in [3.8, 4) is 0 Å². The Labute approximate surface area is 145 Å². The third-order valence-electron chi connectivity index (χ3n) is 4.45. The number of rotatable bonds is 2. The van der Waals surface area contributed by atoms with Crippen LogP contribution >= 0.6 is 11.6 Å². The van der Waals surface area contributed by atoms with E-state index in [1.54, 1.807) is 0 Å². The van der Waals surface area contributed by atoms with E-state index >= 15 is 0 Å². The fraction of sp³-hybridized carbons (Fsp3) is 0.222. The molecule has 6 heteroatoms. The van der Waals surface area contributed by atoms with E-state index in [1.165, 1.54) is 11.1 Å². The topological polar surface area (TPSA) is 68.8 Å². The second kappa shape index (κ2) is 5.83. The van der Waals surface area contributed by atoms with Crippen molar-refractivity contribution in [3.63, 3.8) is 0 Å². The zero-order chi connectivity index (χ0) is 16.7. The number of nitrogens with one attached hydrogen (secondary N) is 1. The Morgan fingerprint density at radius 2 is 1.92 bits per heavy atom. The average Bonchev–Trinajstić information content (AvgIpc) is 2.95. The first-order valence-electron chi connectivity index (χ1n) is 7.91. The minimum absolute atomic E-state index is 0.0566. The van der Waals surface area contributed by atoms with E-state index in [9.17, 15) is 0 Å². The number of nitrogens with zero attached hydrogens (tertiary/aromatic N) is 3. The van der Waals surface area contributed by atoms with Gasteiger partial charge < -0.3 is 11.1 Å². The summed E-state index contributed by atoms with van der Waals surface area (Å²) < 4.78 is 1.87. The molecule has 24 heavy (non-hydrogen) atoms. The zero-order valence-electron chi connectivity index (χ0n) is 13.3. The van der Waals surface area contributed by atoms with Gasteiger partial charge in [-0.25, -0.2) is 4.68 Å². The maximum absolute atomic E-state index is 6.40.